The van der Waals surface area contributed by atoms with Crippen LogP contribution in [0.1, 0.15) is 38.3 Å². The van der Waals surface area contributed by atoms with Gasteiger partial charge in [0.2, 0.25) is 0 Å². The molecule has 0 heterocycles. The number of benzene rings is 1. The number of aliphatic carboxylic acids is 1. The fourth-order valence-electron chi connectivity index (χ4n) is 1.98. The lowest BCUT2D eigenvalue weighted by molar-refractivity contribution is -0.137. The molecule has 0 radical (unpaired) electrons. The SMILES string of the molecule is CC(CCC(=O)O)NC(C)c1ccccc1OC(F)F. The van der Waals surface area contributed by atoms with Crippen molar-refractivity contribution >= 4 is 5.97 Å². The molecule has 2 atom stereocenters. The Balaban J connectivity index is 2.66. The van der Waals surface area contributed by atoms with E-state index >= 15 is 0 Å². The van der Waals surface area contributed by atoms with Crippen LogP contribution in [-0.4, -0.2) is 23.7 Å². The highest BCUT2D eigenvalue weighted by Gasteiger charge is 2.16. The first-order valence-electron chi connectivity index (χ1n) is 6.41. The van der Waals surface area contributed by atoms with Crippen molar-refractivity contribution in [3.05, 3.63) is 29.8 Å². The van der Waals surface area contributed by atoms with E-state index in [0.29, 0.717) is 12.0 Å². The Morgan fingerprint density at radius 2 is 2.00 bits per heavy atom. The molecule has 2 N–H and O–H groups in total. The summed E-state index contributed by atoms with van der Waals surface area (Å²) in [5, 5.41) is 11.8. The number of rotatable bonds is 8. The van der Waals surface area contributed by atoms with Crippen LogP contribution in [0.3, 0.4) is 0 Å². The second-order valence-corrected chi connectivity index (χ2v) is 4.64. The van der Waals surface area contributed by atoms with Gasteiger partial charge in [0, 0.05) is 24.1 Å². The van der Waals surface area contributed by atoms with E-state index in [-0.39, 0.29) is 24.3 Å². The van der Waals surface area contributed by atoms with Gasteiger partial charge in [-0.25, -0.2) is 0 Å². The molecular weight excluding hydrogens is 268 g/mol. The third-order valence-corrected chi connectivity index (χ3v) is 2.93. The van der Waals surface area contributed by atoms with Gasteiger partial charge < -0.3 is 15.2 Å². The molecule has 112 valence electrons. The number of hydrogen-bond donors (Lipinski definition) is 2. The van der Waals surface area contributed by atoms with E-state index in [4.69, 9.17) is 5.11 Å². The van der Waals surface area contributed by atoms with Crippen LogP contribution in [0, 0.1) is 0 Å². The van der Waals surface area contributed by atoms with E-state index < -0.39 is 12.6 Å². The number of halogens is 2. The maximum Gasteiger partial charge on any atom is 0.387 e. The summed E-state index contributed by atoms with van der Waals surface area (Å²) in [6, 6.07) is 6.31. The Morgan fingerprint density at radius 3 is 2.60 bits per heavy atom. The molecule has 0 saturated heterocycles. The first kappa shape index (κ1) is 16.4. The van der Waals surface area contributed by atoms with Crippen LogP contribution in [0.25, 0.3) is 0 Å². The highest BCUT2D eigenvalue weighted by atomic mass is 19.3. The Kier molecular flexibility index (Phi) is 6.38. The summed E-state index contributed by atoms with van der Waals surface area (Å²) < 4.78 is 29.1. The molecule has 1 rings (SSSR count). The number of carbonyl (C=O) groups is 1. The third kappa shape index (κ3) is 5.52. The third-order valence-electron chi connectivity index (χ3n) is 2.93. The molecule has 1 aromatic rings. The van der Waals surface area contributed by atoms with Crippen molar-refractivity contribution in [3.63, 3.8) is 0 Å². The van der Waals surface area contributed by atoms with Crippen LogP contribution in [0.4, 0.5) is 8.78 Å². The van der Waals surface area contributed by atoms with Crippen molar-refractivity contribution in [1.29, 1.82) is 0 Å². The van der Waals surface area contributed by atoms with E-state index in [0.717, 1.165) is 0 Å². The lowest BCUT2D eigenvalue weighted by Crippen LogP contribution is -2.29. The fraction of sp³-hybridized carbons (Fsp3) is 0.500. The first-order chi connectivity index (χ1) is 9.40. The molecule has 0 fully saturated rings. The van der Waals surface area contributed by atoms with E-state index in [1.165, 1.54) is 6.07 Å². The Hall–Kier alpha value is -1.69. The summed E-state index contributed by atoms with van der Waals surface area (Å²) in [5.41, 5.74) is 0.620. The zero-order valence-corrected chi connectivity index (χ0v) is 11.5. The molecule has 0 bridgehead atoms. The zero-order chi connectivity index (χ0) is 15.1. The predicted octanol–water partition coefficient (Wildman–Crippen LogP) is 3.19. The first-order valence-corrected chi connectivity index (χ1v) is 6.41. The average Bonchev–Trinajstić information content (AvgIpc) is 2.36. The maximum absolute atomic E-state index is 12.3. The molecule has 0 aliphatic carbocycles. The number of carboxylic acid groups (broad SMARTS) is 1. The molecule has 0 aliphatic heterocycles. The fourth-order valence-corrected chi connectivity index (χ4v) is 1.98. The van der Waals surface area contributed by atoms with Gasteiger partial charge in [-0.2, -0.15) is 8.78 Å². The molecular formula is C14H19F2NO3. The molecule has 0 saturated carbocycles. The highest BCUT2D eigenvalue weighted by molar-refractivity contribution is 5.66. The summed E-state index contributed by atoms with van der Waals surface area (Å²) in [4.78, 5) is 10.5. The average molecular weight is 287 g/mol. The number of para-hydroxylation sites is 1. The molecule has 6 heteroatoms. The minimum atomic E-state index is -2.87. The lowest BCUT2D eigenvalue weighted by atomic mass is 10.1. The lowest BCUT2D eigenvalue weighted by Gasteiger charge is -2.22. The van der Waals surface area contributed by atoms with Crippen molar-refractivity contribution in [2.75, 3.05) is 0 Å². The normalized spacial score (nSPS) is 14.1. The monoisotopic (exact) mass is 287 g/mol. The second kappa shape index (κ2) is 7.79. The van der Waals surface area contributed by atoms with Gasteiger partial charge in [0.25, 0.3) is 0 Å². The van der Waals surface area contributed by atoms with Crippen LogP contribution >= 0.6 is 0 Å². The molecule has 2 unspecified atom stereocenters. The number of hydrogen-bond acceptors (Lipinski definition) is 3. The molecule has 0 aliphatic rings. The molecule has 20 heavy (non-hydrogen) atoms. The minimum Gasteiger partial charge on any atom is -0.481 e. The van der Waals surface area contributed by atoms with Gasteiger partial charge in [0.05, 0.1) is 0 Å². The quantitative estimate of drug-likeness (QED) is 0.771. The van der Waals surface area contributed by atoms with E-state index in [9.17, 15) is 13.6 Å². The van der Waals surface area contributed by atoms with Gasteiger partial charge in [-0.3, -0.25) is 4.79 Å². The molecule has 4 nitrogen and oxygen atoms in total. The number of carboxylic acids is 1. The summed E-state index contributed by atoms with van der Waals surface area (Å²) in [7, 11) is 0. The van der Waals surface area contributed by atoms with Crippen LogP contribution in [0.2, 0.25) is 0 Å². The molecule has 0 aromatic heterocycles. The Labute approximate surface area is 116 Å². The van der Waals surface area contributed by atoms with E-state index in [1.54, 1.807) is 18.2 Å². The standard InChI is InChI=1S/C14H19F2NO3/c1-9(7-8-13(18)19)17-10(2)11-5-3-4-6-12(11)20-14(15)16/h3-6,9-10,14,17H,7-8H2,1-2H3,(H,18,19). The summed E-state index contributed by atoms with van der Waals surface area (Å²) in [5.74, 6) is -0.722. The summed E-state index contributed by atoms with van der Waals surface area (Å²) >= 11 is 0. The van der Waals surface area contributed by atoms with Crippen molar-refractivity contribution in [1.82, 2.24) is 5.32 Å². The van der Waals surface area contributed by atoms with Crippen molar-refractivity contribution < 1.29 is 23.4 Å². The van der Waals surface area contributed by atoms with Gasteiger partial charge in [-0.15, -0.1) is 0 Å². The number of ether oxygens (including phenoxy) is 1. The van der Waals surface area contributed by atoms with E-state index in [1.807, 2.05) is 13.8 Å². The van der Waals surface area contributed by atoms with Crippen molar-refractivity contribution in [3.8, 4) is 5.75 Å². The van der Waals surface area contributed by atoms with Gasteiger partial charge in [-0.1, -0.05) is 18.2 Å². The summed E-state index contributed by atoms with van der Waals surface area (Å²) in [6.07, 6.45) is 0.535. The second-order valence-electron chi connectivity index (χ2n) is 4.64. The summed E-state index contributed by atoms with van der Waals surface area (Å²) in [6.45, 7) is 0.814. The van der Waals surface area contributed by atoms with Crippen molar-refractivity contribution in [2.45, 2.75) is 45.4 Å². The Morgan fingerprint density at radius 1 is 1.35 bits per heavy atom. The van der Waals surface area contributed by atoms with Crippen LogP contribution in [-0.2, 0) is 4.79 Å². The Bertz CT molecular complexity index is 440. The van der Waals surface area contributed by atoms with Crippen LogP contribution in [0.15, 0.2) is 24.3 Å². The smallest absolute Gasteiger partial charge is 0.387 e. The predicted molar refractivity (Wildman–Crippen MR) is 71.0 cm³/mol. The van der Waals surface area contributed by atoms with Gasteiger partial charge in [-0.05, 0) is 26.3 Å². The molecule has 1 aromatic carbocycles. The molecule has 0 spiro atoms. The topological polar surface area (TPSA) is 58.6 Å². The maximum atomic E-state index is 12.3. The zero-order valence-electron chi connectivity index (χ0n) is 11.5. The minimum absolute atomic E-state index is 0.0410. The largest absolute Gasteiger partial charge is 0.481 e. The van der Waals surface area contributed by atoms with Gasteiger partial charge >= 0.3 is 12.6 Å². The van der Waals surface area contributed by atoms with Gasteiger partial charge in [0.1, 0.15) is 5.75 Å². The van der Waals surface area contributed by atoms with Crippen molar-refractivity contribution in [2.24, 2.45) is 0 Å². The van der Waals surface area contributed by atoms with Gasteiger partial charge in [0.15, 0.2) is 0 Å². The van der Waals surface area contributed by atoms with E-state index in [2.05, 4.69) is 10.1 Å². The highest BCUT2D eigenvalue weighted by Crippen LogP contribution is 2.26. The van der Waals surface area contributed by atoms with Crippen LogP contribution in [0.5, 0.6) is 5.75 Å². The van der Waals surface area contributed by atoms with Crippen LogP contribution < -0.4 is 10.1 Å². The number of alkyl halides is 2. The molecule has 0 amide bonds. The number of nitrogens with one attached hydrogen (secondary N) is 1.